The van der Waals surface area contributed by atoms with Gasteiger partial charge >= 0.3 is 0 Å². The van der Waals surface area contributed by atoms with Crippen molar-refractivity contribution in [2.45, 2.75) is 25.0 Å². The molecule has 0 radical (unpaired) electrons. The molecular weight excluding hydrogens is 360 g/mol. The fourth-order valence-corrected chi connectivity index (χ4v) is 4.19. The highest BCUT2D eigenvalue weighted by Crippen LogP contribution is 2.38. The minimum Gasteiger partial charge on any atom is -0.457 e. The highest BCUT2D eigenvalue weighted by atomic mass is 16.6. The van der Waals surface area contributed by atoms with Crippen LogP contribution in [0.5, 0.6) is 11.5 Å². The molecule has 0 amide bonds. The molecule has 4 aromatic carbocycles. The Morgan fingerprint density at radius 3 is 1.52 bits per heavy atom. The normalized spacial score (nSPS) is 20.1. The van der Waals surface area contributed by atoms with Crippen LogP contribution in [0.3, 0.4) is 0 Å². The van der Waals surface area contributed by atoms with Crippen LogP contribution in [-0.2, 0) is 22.3 Å². The van der Waals surface area contributed by atoms with E-state index in [1.54, 1.807) is 0 Å². The Morgan fingerprint density at radius 1 is 0.621 bits per heavy atom. The van der Waals surface area contributed by atoms with Gasteiger partial charge in [0.25, 0.3) is 0 Å². The second-order valence-corrected chi connectivity index (χ2v) is 7.95. The quantitative estimate of drug-likeness (QED) is 0.403. The largest absolute Gasteiger partial charge is 0.457 e. The molecule has 3 nitrogen and oxygen atoms in total. The summed E-state index contributed by atoms with van der Waals surface area (Å²) in [6.45, 7) is 1.67. The van der Waals surface area contributed by atoms with Gasteiger partial charge in [0.15, 0.2) is 0 Å². The number of ether oxygens (including phenoxy) is 3. The van der Waals surface area contributed by atoms with Gasteiger partial charge in [0.2, 0.25) is 0 Å². The van der Waals surface area contributed by atoms with Crippen molar-refractivity contribution < 1.29 is 14.2 Å². The van der Waals surface area contributed by atoms with E-state index in [0.717, 1.165) is 37.6 Å². The van der Waals surface area contributed by atoms with Gasteiger partial charge in [-0.05, 0) is 33.7 Å². The third kappa shape index (κ3) is 3.37. The fourth-order valence-electron chi connectivity index (χ4n) is 4.19. The van der Waals surface area contributed by atoms with Crippen molar-refractivity contribution in [1.29, 1.82) is 0 Å². The van der Waals surface area contributed by atoms with Crippen LogP contribution < -0.4 is 4.74 Å². The summed E-state index contributed by atoms with van der Waals surface area (Å²) in [4.78, 5) is 0. The van der Waals surface area contributed by atoms with Crippen LogP contribution in [0.15, 0.2) is 72.8 Å². The predicted octanol–water partition coefficient (Wildman–Crippen LogP) is 5.67. The Kier molecular flexibility index (Phi) is 4.03. The van der Waals surface area contributed by atoms with Crippen LogP contribution >= 0.6 is 0 Å². The van der Waals surface area contributed by atoms with Crippen molar-refractivity contribution in [3.63, 3.8) is 0 Å². The van der Waals surface area contributed by atoms with Crippen molar-refractivity contribution in [2.75, 3.05) is 13.2 Å². The van der Waals surface area contributed by atoms with E-state index >= 15 is 0 Å². The average Bonchev–Trinajstić information content (AvgIpc) is 3.67. The van der Waals surface area contributed by atoms with E-state index in [4.69, 9.17) is 14.2 Å². The number of benzene rings is 4. The van der Waals surface area contributed by atoms with Crippen molar-refractivity contribution in [1.82, 2.24) is 0 Å². The molecular formula is C26H22O3. The first-order valence-corrected chi connectivity index (χ1v) is 10.3. The summed E-state index contributed by atoms with van der Waals surface area (Å²) in [7, 11) is 0. The maximum Gasteiger partial charge on any atom is 0.131 e. The number of hydrogen-bond acceptors (Lipinski definition) is 3. The molecule has 0 aromatic heterocycles. The number of hydrogen-bond donors (Lipinski definition) is 0. The topological polar surface area (TPSA) is 34.3 Å². The first kappa shape index (κ1) is 17.0. The first-order chi connectivity index (χ1) is 14.3. The summed E-state index contributed by atoms with van der Waals surface area (Å²) in [5.41, 5.74) is 2.46. The van der Waals surface area contributed by atoms with Crippen LogP contribution in [-0.4, -0.2) is 25.4 Å². The zero-order chi connectivity index (χ0) is 19.2. The minimum atomic E-state index is 0.305. The van der Waals surface area contributed by atoms with Crippen LogP contribution in [0.2, 0.25) is 0 Å². The fraction of sp³-hybridized carbons (Fsp3) is 0.231. The maximum atomic E-state index is 6.60. The summed E-state index contributed by atoms with van der Waals surface area (Å²) < 4.78 is 17.7. The van der Waals surface area contributed by atoms with E-state index in [0.29, 0.717) is 12.2 Å². The standard InChI is InChI=1S/C26H22O3/c1-3-7-21-17(5-1)9-11-25(23(21)13-19-15-27-19)29-26-12-10-18-6-2-4-8-22(18)24(26)14-20-16-28-20/h1-12,19-20H,13-16H2/t19-,20-/m0/s1. The Hall–Kier alpha value is -2.88. The number of rotatable bonds is 6. The van der Waals surface area contributed by atoms with Crippen molar-refractivity contribution in [3.05, 3.63) is 83.9 Å². The lowest BCUT2D eigenvalue weighted by molar-refractivity contribution is 0.399. The molecule has 0 N–H and O–H groups in total. The van der Waals surface area contributed by atoms with E-state index in [1.165, 1.54) is 32.7 Å². The van der Waals surface area contributed by atoms with Gasteiger partial charge in [-0.1, -0.05) is 60.7 Å². The molecule has 0 bridgehead atoms. The summed E-state index contributed by atoms with van der Waals surface area (Å²) >= 11 is 0. The van der Waals surface area contributed by atoms with Gasteiger partial charge in [0.05, 0.1) is 25.4 Å². The Bertz CT molecular complexity index is 1110. The molecule has 2 fully saturated rings. The molecule has 0 saturated carbocycles. The van der Waals surface area contributed by atoms with Gasteiger partial charge in [0.1, 0.15) is 11.5 Å². The Balaban J connectivity index is 1.47. The average molecular weight is 382 g/mol. The molecule has 3 heteroatoms. The SMILES string of the molecule is c1ccc2c(C[C@H]3CO3)c(Oc3ccc4ccccc4c3C[C@H]3CO3)ccc2c1. The van der Waals surface area contributed by atoms with Crippen LogP contribution in [0.25, 0.3) is 21.5 Å². The number of epoxide rings is 2. The molecule has 144 valence electrons. The highest BCUT2D eigenvalue weighted by Gasteiger charge is 2.27. The summed E-state index contributed by atoms with van der Waals surface area (Å²) in [6.07, 6.45) is 2.37. The molecule has 0 aliphatic carbocycles. The van der Waals surface area contributed by atoms with Crippen LogP contribution in [0.4, 0.5) is 0 Å². The molecule has 2 aliphatic heterocycles. The summed E-state index contributed by atoms with van der Waals surface area (Å²) in [5.74, 6) is 1.85. The van der Waals surface area contributed by atoms with Crippen molar-refractivity contribution in [2.24, 2.45) is 0 Å². The second-order valence-electron chi connectivity index (χ2n) is 7.95. The molecule has 2 heterocycles. The predicted molar refractivity (Wildman–Crippen MR) is 115 cm³/mol. The lowest BCUT2D eigenvalue weighted by Gasteiger charge is -2.17. The molecule has 4 aromatic rings. The summed E-state index contributed by atoms with van der Waals surface area (Å²) in [6, 6.07) is 25.5. The van der Waals surface area contributed by atoms with Crippen molar-refractivity contribution >= 4 is 21.5 Å². The zero-order valence-electron chi connectivity index (χ0n) is 16.1. The minimum absolute atomic E-state index is 0.305. The molecule has 6 rings (SSSR count). The van der Waals surface area contributed by atoms with E-state index in [2.05, 4.69) is 72.8 Å². The van der Waals surface area contributed by atoms with Gasteiger partial charge < -0.3 is 14.2 Å². The lowest BCUT2D eigenvalue weighted by atomic mass is 9.98. The molecule has 0 unspecified atom stereocenters. The van der Waals surface area contributed by atoms with Gasteiger partial charge in [-0.25, -0.2) is 0 Å². The molecule has 29 heavy (non-hydrogen) atoms. The van der Waals surface area contributed by atoms with Gasteiger partial charge in [0, 0.05) is 24.0 Å². The lowest BCUT2D eigenvalue weighted by Crippen LogP contribution is -2.02. The first-order valence-electron chi connectivity index (χ1n) is 10.3. The monoisotopic (exact) mass is 382 g/mol. The zero-order valence-corrected chi connectivity index (χ0v) is 16.1. The molecule has 2 atom stereocenters. The summed E-state index contributed by atoms with van der Waals surface area (Å²) in [5, 5.41) is 4.96. The molecule has 2 aliphatic rings. The van der Waals surface area contributed by atoms with Crippen LogP contribution in [0, 0.1) is 0 Å². The van der Waals surface area contributed by atoms with E-state index in [9.17, 15) is 0 Å². The third-order valence-electron chi connectivity index (χ3n) is 5.88. The van der Waals surface area contributed by atoms with Crippen molar-refractivity contribution in [3.8, 4) is 11.5 Å². The van der Waals surface area contributed by atoms with Gasteiger partial charge in [-0.2, -0.15) is 0 Å². The van der Waals surface area contributed by atoms with Gasteiger partial charge in [-0.15, -0.1) is 0 Å². The number of fused-ring (bicyclic) bond motifs is 2. The van der Waals surface area contributed by atoms with E-state index < -0.39 is 0 Å². The molecule has 0 spiro atoms. The smallest absolute Gasteiger partial charge is 0.131 e. The Labute approximate surface area is 169 Å². The Morgan fingerprint density at radius 2 is 1.07 bits per heavy atom. The molecule has 2 saturated heterocycles. The maximum absolute atomic E-state index is 6.60. The van der Waals surface area contributed by atoms with Gasteiger partial charge in [-0.3, -0.25) is 0 Å². The van der Waals surface area contributed by atoms with E-state index in [-0.39, 0.29) is 0 Å². The second kappa shape index (κ2) is 6.87. The third-order valence-corrected chi connectivity index (χ3v) is 5.88. The van der Waals surface area contributed by atoms with Crippen LogP contribution in [0.1, 0.15) is 11.1 Å². The van der Waals surface area contributed by atoms with E-state index in [1.807, 2.05) is 0 Å². The highest BCUT2D eigenvalue weighted by molar-refractivity contribution is 5.89.